The van der Waals surface area contributed by atoms with Crippen molar-refractivity contribution in [2.24, 2.45) is 5.41 Å². The Kier molecular flexibility index (Phi) is 4.76. The van der Waals surface area contributed by atoms with Crippen LogP contribution < -0.4 is 10.1 Å². The molecule has 0 aliphatic rings. The molecule has 0 bridgehead atoms. The predicted octanol–water partition coefficient (Wildman–Crippen LogP) is 2.92. The second kappa shape index (κ2) is 5.89. The summed E-state index contributed by atoms with van der Waals surface area (Å²) < 4.78 is 5.70. The fraction of sp³-hybridized carbons (Fsp3) is 0.533. The summed E-state index contributed by atoms with van der Waals surface area (Å²) in [4.78, 5) is 11.8. The van der Waals surface area contributed by atoms with Crippen molar-refractivity contribution in [2.45, 2.75) is 40.7 Å². The van der Waals surface area contributed by atoms with Crippen molar-refractivity contribution >= 4 is 5.91 Å². The highest BCUT2D eigenvalue weighted by Crippen LogP contribution is 2.17. The Hall–Kier alpha value is -1.51. The summed E-state index contributed by atoms with van der Waals surface area (Å²) in [6.07, 6.45) is 0. The van der Waals surface area contributed by atoms with Gasteiger partial charge in [-0.1, -0.05) is 39.0 Å². The number of rotatable bonds is 4. The monoisotopic (exact) mass is 249 g/mol. The zero-order valence-electron chi connectivity index (χ0n) is 11.9. The Balaban J connectivity index is 2.45. The first-order valence-corrected chi connectivity index (χ1v) is 6.30. The number of para-hydroxylation sites is 1. The molecule has 0 heterocycles. The summed E-state index contributed by atoms with van der Waals surface area (Å²) in [6, 6.07) is 7.87. The molecule has 0 fully saturated rings. The van der Waals surface area contributed by atoms with E-state index >= 15 is 0 Å². The van der Waals surface area contributed by atoms with Gasteiger partial charge in [-0.3, -0.25) is 4.79 Å². The number of amides is 1. The summed E-state index contributed by atoms with van der Waals surface area (Å²) in [5.41, 5.74) is 0.739. The lowest BCUT2D eigenvalue weighted by atomic mass is 9.95. The van der Waals surface area contributed by atoms with Crippen molar-refractivity contribution in [1.29, 1.82) is 0 Å². The topological polar surface area (TPSA) is 38.3 Å². The van der Waals surface area contributed by atoms with E-state index in [9.17, 15) is 4.79 Å². The number of carbonyl (C=O) groups is 1. The number of hydrogen-bond donors (Lipinski definition) is 1. The number of nitrogens with one attached hydrogen (secondary N) is 1. The van der Waals surface area contributed by atoms with Gasteiger partial charge in [-0.05, 0) is 25.5 Å². The molecule has 0 aromatic heterocycles. The highest BCUT2D eigenvalue weighted by atomic mass is 16.5. The van der Waals surface area contributed by atoms with Crippen LogP contribution in [0, 0.1) is 12.3 Å². The molecule has 3 heteroatoms. The summed E-state index contributed by atoms with van der Waals surface area (Å²) in [7, 11) is 0. The molecular weight excluding hydrogens is 226 g/mol. The van der Waals surface area contributed by atoms with Crippen LogP contribution in [0.2, 0.25) is 0 Å². The number of hydrogen-bond acceptors (Lipinski definition) is 2. The lowest BCUT2D eigenvalue weighted by Gasteiger charge is -2.22. The van der Waals surface area contributed by atoms with E-state index in [2.05, 4.69) is 5.32 Å². The van der Waals surface area contributed by atoms with E-state index in [1.807, 2.05) is 58.9 Å². The van der Waals surface area contributed by atoms with Gasteiger partial charge in [-0.15, -0.1) is 0 Å². The molecular formula is C15H23NO2. The van der Waals surface area contributed by atoms with Crippen molar-refractivity contribution in [3.8, 4) is 5.75 Å². The van der Waals surface area contributed by atoms with Gasteiger partial charge in [0.2, 0.25) is 5.91 Å². The first kappa shape index (κ1) is 14.6. The van der Waals surface area contributed by atoms with Crippen LogP contribution in [-0.2, 0) is 4.79 Å². The van der Waals surface area contributed by atoms with Crippen LogP contribution >= 0.6 is 0 Å². The second-order valence-corrected chi connectivity index (χ2v) is 5.70. The fourth-order valence-electron chi connectivity index (χ4n) is 1.42. The summed E-state index contributed by atoms with van der Waals surface area (Å²) in [6.45, 7) is 10.1. The SMILES string of the molecule is Cc1ccccc1OCC(C)NC(=O)C(C)(C)C. The minimum Gasteiger partial charge on any atom is -0.491 e. The Morgan fingerprint density at radius 2 is 1.94 bits per heavy atom. The molecule has 0 saturated carbocycles. The van der Waals surface area contributed by atoms with E-state index in [4.69, 9.17) is 4.74 Å². The maximum atomic E-state index is 11.8. The van der Waals surface area contributed by atoms with Gasteiger partial charge < -0.3 is 10.1 Å². The van der Waals surface area contributed by atoms with Crippen molar-refractivity contribution in [2.75, 3.05) is 6.61 Å². The summed E-state index contributed by atoms with van der Waals surface area (Å²) in [5, 5.41) is 2.95. The number of carbonyl (C=O) groups excluding carboxylic acids is 1. The van der Waals surface area contributed by atoms with Crippen LogP contribution in [0.5, 0.6) is 5.75 Å². The van der Waals surface area contributed by atoms with E-state index in [1.54, 1.807) is 0 Å². The lowest BCUT2D eigenvalue weighted by molar-refractivity contribution is -0.129. The first-order chi connectivity index (χ1) is 8.30. The quantitative estimate of drug-likeness (QED) is 0.891. The van der Waals surface area contributed by atoms with Crippen LogP contribution in [0.15, 0.2) is 24.3 Å². The van der Waals surface area contributed by atoms with Gasteiger partial charge in [-0.25, -0.2) is 0 Å². The summed E-state index contributed by atoms with van der Waals surface area (Å²) >= 11 is 0. The van der Waals surface area contributed by atoms with Gasteiger partial charge in [-0.2, -0.15) is 0 Å². The van der Waals surface area contributed by atoms with E-state index in [1.165, 1.54) is 0 Å². The van der Waals surface area contributed by atoms with E-state index in [0.29, 0.717) is 6.61 Å². The highest BCUT2D eigenvalue weighted by Gasteiger charge is 2.22. The van der Waals surface area contributed by atoms with E-state index in [-0.39, 0.29) is 17.4 Å². The molecule has 1 unspecified atom stereocenters. The predicted molar refractivity (Wildman–Crippen MR) is 73.7 cm³/mol. The molecule has 100 valence electrons. The average molecular weight is 249 g/mol. The molecule has 1 amide bonds. The van der Waals surface area contributed by atoms with Gasteiger partial charge >= 0.3 is 0 Å². The van der Waals surface area contributed by atoms with Gasteiger partial charge in [0.05, 0.1) is 6.04 Å². The molecule has 1 atom stereocenters. The van der Waals surface area contributed by atoms with Gasteiger partial charge in [0.15, 0.2) is 0 Å². The Morgan fingerprint density at radius 1 is 1.33 bits per heavy atom. The molecule has 0 spiro atoms. The molecule has 1 rings (SSSR count). The van der Waals surface area contributed by atoms with Crippen LogP contribution in [-0.4, -0.2) is 18.6 Å². The number of benzene rings is 1. The van der Waals surface area contributed by atoms with Crippen molar-refractivity contribution in [3.63, 3.8) is 0 Å². The number of ether oxygens (including phenoxy) is 1. The molecule has 3 nitrogen and oxygen atoms in total. The van der Waals surface area contributed by atoms with Crippen molar-refractivity contribution < 1.29 is 9.53 Å². The van der Waals surface area contributed by atoms with Crippen LogP contribution in [0.1, 0.15) is 33.3 Å². The minimum absolute atomic E-state index is 0.00340. The zero-order valence-corrected chi connectivity index (χ0v) is 11.9. The summed E-state index contributed by atoms with van der Waals surface area (Å²) in [5.74, 6) is 0.915. The molecule has 1 N–H and O–H groups in total. The third-order valence-corrected chi connectivity index (χ3v) is 2.64. The molecule has 0 aliphatic heterocycles. The molecule has 1 aromatic carbocycles. The largest absolute Gasteiger partial charge is 0.491 e. The standard InChI is InChI=1S/C15H23NO2/c1-11-8-6-7-9-13(11)18-10-12(2)16-14(17)15(3,4)5/h6-9,12H,10H2,1-5H3,(H,16,17). The van der Waals surface area contributed by atoms with Gasteiger partial charge in [0, 0.05) is 5.41 Å². The molecule has 0 radical (unpaired) electrons. The van der Waals surface area contributed by atoms with Crippen LogP contribution in [0.3, 0.4) is 0 Å². The van der Waals surface area contributed by atoms with Gasteiger partial charge in [0.1, 0.15) is 12.4 Å². The second-order valence-electron chi connectivity index (χ2n) is 5.70. The zero-order chi connectivity index (χ0) is 13.8. The average Bonchev–Trinajstić information content (AvgIpc) is 2.26. The van der Waals surface area contributed by atoms with Crippen molar-refractivity contribution in [1.82, 2.24) is 5.32 Å². The van der Waals surface area contributed by atoms with Crippen LogP contribution in [0.25, 0.3) is 0 Å². The third-order valence-electron chi connectivity index (χ3n) is 2.64. The lowest BCUT2D eigenvalue weighted by Crippen LogP contribution is -2.42. The first-order valence-electron chi connectivity index (χ1n) is 6.30. The van der Waals surface area contributed by atoms with Crippen LogP contribution in [0.4, 0.5) is 0 Å². The molecule has 0 saturated heterocycles. The van der Waals surface area contributed by atoms with Crippen molar-refractivity contribution in [3.05, 3.63) is 29.8 Å². The molecule has 18 heavy (non-hydrogen) atoms. The molecule has 0 aliphatic carbocycles. The van der Waals surface area contributed by atoms with Gasteiger partial charge in [0.25, 0.3) is 0 Å². The fourth-order valence-corrected chi connectivity index (χ4v) is 1.42. The Bertz CT molecular complexity index is 407. The third kappa shape index (κ3) is 4.40. The Labute approximate surface area is 110 Å². The smallest absolute Gasteiger partial charge is 0.225 e. The number of aryl methyl sites for hydroxylation is 1. The minimum atomic E-state index is -0.364. The normalized spacial score (nSPS) is 12.9. The maximum Gasteiger partial charge on any atom is 0.225 e. The van der Waals surface area contributed by atoms with E-state index < -0.39 is 0 Å². The van der Waals surface area contributed by atoms with E-state index in [0.717, 1.165) is 11.3 Å². The molecule has 1 aromatic rings. The Morgan fingerprint density at radius 3 is 2.50 bits per heavy atom. The maximum absolute atomic E-state index is 11.8. The highest BCUT2D eigenvalue weighted by molar-refractivity contribution is 5.81.